The average Bonchev–Trinajstić information content (AvgIpc) is 3.40. The van der Waals surface area contributed by atoms with Crippen LogP contribution in [0.1, 0.15) is 53.8 Å². The minimum absolute atomic E-state index is 0.0887. The van der Waals surface area contributed by atoms with E-state index in [-0.39, 0.29) is 17.9 Å². The number of nitrogens with one attached hydrogen (secondary N) is 1. The summed E-state index contributed by atoms with van der Waals surface area (Å²) in [7, 11) is 0. The van der Waals surface area contributed by atoms with Gasteiger partial charge in [0.05, 0.1) is 12.3 Å². The molecule has 2 aromatic rings. The summed E-state index contributed by atoms with van der Waals surface area (Å²) >= 11 is 0. The Morgan fingerprint density at radius 3 is 2.64 bits per heavy atom. The Morgan fingerprint density at radius 2 is 1.92 bits per heavy atom. The minimum Gasteiger partial charge on any atom is -0.396 e. The Kier molecular flexibility index (Phi) is 4.34. The first kappa shape index (κ1) is 16.3. The summed E-state index contributed by atoms with van der Waals surface area (Å²) in [4.78, 5) is 12.8. The summed E-state index contributed by atoms with van der Waals surface area (Å²) in [5.74, 6) is -0.104. The van der Waals surface area contributed by atoms with Crippen LogP contribution in [-0.2, 0) is 12.8 Å². The Balaban J connectivity index is 1.65. The molecule has 1 amide bonds. The molecule has 5 heteroatoms. The highest BCUT2D eigenvalue weighted by molar-refractivity contribution is 5.94. The highest BCUT2D eigenvalue weighted by atomic mass is 16.3. The van der Waals surface area contributed by atoms with E-state index in [2.05, 4.69) is 5.32 Å². The van der Waals surface area contributed by atoms with Crippen LogP contribution in [0.25, 0.3) is 5.69 Å². The molecule has 2 aliphatic rings. The van der Waals surface area contributed by atoms with Gasteiger partial charge in [0.25, 0.3) is 5.91 Å². The number of fused-ring (bicyclic) bond motifs is 1. The fraction of sp³-hybridized carbons (Fsp3) is 0.500. The molecule has 0 aliphatic heterocycles. The highest BCUT2D eigenvalue weighted by Gasteiger charge is 2.42. The summed E-state index contributed by atoms with van der Waals surface area (Å²) in [5.41, 5.74) is 3.77. The average molecular weight is 339 g/mol. The number of carbonyl (C=O) groups excluding carboxylic acids is 1. The zero-order valence-corrected chi connectivity index (χ0v) is 14.5. The van der Waals surface area contributed by atoms with E-state index in [0.717, 1.165) is 49.8 Å². The van der Waals surface area contributed by atoms with Crippen LogP contribution in [0.5, 0.6) is 0 Å². The number of aliphatic hydroxyl groups is 1. The highest BCUT2D eigenvalue weighted by Crippen LogP contribution is 2.44. The van der Waals surface area contributed by atoms with Gasteiger partial charge < -0.3 is 10.4 Å². The second-order valence-electron chi connectivity index (χ2n) is 7.42. The van der Waals surface area contributed by atoms with Crippen LogP contribution < -0.4 is 5.32 Å². The van der Waals surface area contributed by atoms with Gasteiger partial charge in [0, 0.05) is 23.2 Å². The molecule has 1 aromatic carbocycles. The molecule has 132 valence electrons. The van der Waals surface area contributed by atoms with Crippen LogP contribution in [0, 0.1) is 5.41 Å². The van der Waals surface area contributed by atoms with Crippen molar-refractivity contribution in [3.05, 3.63) is 47.3 Å². The van der Waals surface area contributed by atoms with E-state index in [4.69, 9.17) is 5.10 Å². The number of hydrogen-bond acceptors (Lipinski definition) is 3. The summed E-state index contributed by atoms with van der Waals surface area (Å²) in [6, 6.07) is 10.1. The summed E-state index contributed by atoms with van der Waals surface area (Å²) in [6.07, 6.45) is 7.29. The second kappa shape index (κ2) is 6.64. The van der Waals surface area contributed by atoms with E-state index < -0.39 is 0 Å². The van der Waals surface area contributed by atoms with Crippen LogP contribution in [0.2, 0.25) is 0 Å². The van der Waals surface area contributed by atoms with Gasteiger partial charge in [-0.05, 0) is 50.7 Å². The third-order valence-electron chi connectivity index (χ3n) is 5.56. The van der Waals surface area contributed by atoms with Crippen LogP contribution in [-0.4, -0.2) is 33.9 Å². The smallest absolute Gasteiger partial charge is 0.272 e. The van der Waals surface area contributed by atoms with Crippen molar-refractivity contribution >= 4 is 5.91 Å². The van der Waals surface area contributed by atoms with E-state index in [9.17, 15) is 9.90 Å². The monoisotopic (exact) mass is 339 g/mol. The molecule has 0 bridgehead atoms. The molecule has 2 N–H and O–H groups in total. The maximum atomic E-state index is 12.8. The van der Waals surface area contributed by atoms with Gasteiger partial charge in [-0.25, -0.2) is 4.68 Å². The molecule has 5 nitrogen and oxygen atoms in total. The quantitative estimate of drug-likeness (QED) is 0.823. The number of hydrogen-bond donors (Lipinski definition) is 2. The number of carbonyl (C=O) groups is 1. The van der Waals surface area contributed by atoms with Crippen molar-refractivity contribution in [3.8, 4) is 5.69 Å². The van der Waals surface area contributed by atoms with Gasteiger partial charge in [-0.3, -0.25) is 4.79 Å². The van der Waals surface area contributed by atoms with Crippen molar-refractivity contribution in [1.82, 2.24) is 15.1 Å². The third kappa shape index (κ3) is 3.21. The zero-order valence-electron chi connectivity index (χ0n) is 14.5. The molecule has 4 rings (SSSR count). The fourth-order valence-corrected chi connectivity index (χ4v) is 3.66. The second-order valence-corrected chi connectivity index (χ2v) is 7.42. The van der Waals surface area contributed by atoms with Crippen molar-refractivity contribution in [3.63, 3.8) is 0 Å². The molecular formula is C20H25N3O2. The molecule has 1 fully saturated rings. The molecule has 0 radical (unpaired) electrons. The summed E-state index contributed by atoms with van der Waals surface area (Å²) in [5, 5.41) is 17.2. The molecule has 1 saturated carbocycles. The lowest BCUT2D eigenvalue weighted by atomic mass is 10.1. The first-order valence-corrected chi connectivity index (χ1v) is 9.28. The SMILES string of the molecule is O=C(NCC1(CO)CC1)c1nn(-c2ccccc2)c2c1CCCCC2. The Bertz CT molecular complexity index is 763. The van der Waals surface area contributed by atoms with Gasteiger partial charge in [0.1, 0.15) is 0 Å². The molecule has 1 heterocycles. The van der Waals surface area contributed by atoms with Crippen molar-refractivity contribution in [2.24, 2.45) is 5.41 Å². The van der Waals surface area contributed by atoms with Gasteiger partial charge in [0.15, 0.2) is 5.69 Å². The Hall–Kier alpha value is -2.14. The predicted octanol–water partition coefficient (Wildman–Crippen LogP) is 2.64. The molecule has 25 heavy (non-hydrogen) atoms. The number of benzene rings is 1. The molecule has 1 aromatic heterocycles. The van der Waals surface area contributed by atoms with E-state index in [1.165, 1.54) is 12.1 Å². The van der Waals surface area contributed by atoms with E-state index in [0.29, 0.717) is 12.2 Å². The molecule has 0 unspecified atom stereocenters. The van der Waals surface area contributed by atoms with Crippen molar-refractivity contribution in [2.75, 3.05) is 13.2 Å². The van der Waals surface area contributed by atoms with Gasteiger partial charge in [-0.15, -0.1) is 0 Å². The van der Waals surface area contributed by atoms with Crippen LogP contribution in [0.15, 0.2) is 30.3 Å². The van der Waals surface area contributed by atoms with E-state index >= 15 is 0 Å². The maximum absolute atomic E-state index is 12.8. The lowest BCUT2D eigenvalue weighted by Crippen LogP contribution is -2.32. The van der Waals surface area contributed by atoms with Gasteiger partial charge in [0.2, 0.25) is 0 Å². The van der Waals surface area contributed by atoms with Gasteiger partial charge in [-0.1, -0.05) is 24.6 Å². The maximum Gasteiger partial charge on any atom is 0.272 e. The first-order valence-electron chi connectivity index (χ1n) is 9.28. The summed E-state index contributed by atoms with van der Waals surface area (Å²) < 4.78 is 1.95. The van der Waals surface area contributed by atoms with Crippen LogP contribution in [0.3, 0.4) is 0 Å². The van der Waals surface area contributed by atoms with Crippen LogP contribution in [0.4, 0.5) is 0 Å². The first-order chi connectivity index (χ1) is 12.2. The van der Waals surface area contributed by atoms with Crippen molar-refractivity contribution in [2.45, 2.75) is 44.9 Å². The minimum atomic E-state index is -0.104. The topological polar surface area (TPSA) is 67.2 Å². The predicted molar refractivity (Wildman–Crippen MR) is 95.9 cm³/mol. The van der Waals surface area contributed by atoms with E-state index in [1.807, 2.05) is 35.0 Å². The zero-order chi connectivity index (χ0) is 17.3. The number of aliphatic hydroxyl groups excluding tert-OH is 1. The molecule has 2 aliphatic carbocycles. The van der Waals surface area contributed by atoms with Crippen molar-refractivity contribution in [1.29, 1.82) is 0 Å². The van der Waals surface area contributed by atoms with E-state index in [1.54, 1.807) is 0 Å². The largest absolute Gasteiger partial charge is 0.396 e. The number of aromatic nitrogens is 2. The van der Waals surface area contributed by atoms with Crippen molar-refractivity contribution < 1.29 is 9.90 Å². The normalized spacial score (nSPS) is 18.3. The molecule has 0 spiro atoms. The number of para-hydroxylation sites is 1. The lowest BCUT2D eigenvalue weighted by molar-refractivity contribution is 0.0929. The molecule has 0 saturated heterocycles. The molecule has 0 atom stereocenters. The van der Waals surface area contributed by atoms with Gasteiger partial charge >= 0.3 is 0 Å². The van der Waals surface area contributed by atoms with Crippen LogP contribution >= 0.6 is 0 Å². The Labute approximate surface area is 148 Å². The van der Waals surface area contributed by atoms with Gasteiger partial charge in [-0.2, -0.15) is 5.10 Å². The Morgan fingerprint density at radius 1 is 1.16 bits per heavy atom. The number of rotatable bonds is 5. The lowest BCUT2D eigenvalue weighted by Gasteiger charge is -2.12. The number of amides is 1. The third-order valence-corrected chi connectivity index (χ3v) is 5.56. The standard InChI is InChI=1S/C20H25N3O2/c24-14-20(11-12-20)13-21-19(25)18-16-9-5-2-6-10-17(16)23(22-18)15-7-3-1-4-8-15/h1,3-4,7-8,24H,2,5-6,9-14H2,(H,21,25). The summed E-state index contributed by atoms with van der Waals surface area (Å²) in [6.45, 7) is 0.680. The number of nitrogens with zero attached hydrogens (tertiary/aromatic N) is 2. The molecular weight excluding hydrogens is 314 g/mol. The fourth-order valence-electron chi connectivity index (χ4n) is 3.66.